The Hall–Kier alpha value is -2.88. The molecule has 38 heavy (non-hydrogen) atoms. The molecule has 0 amide bonds. The first-order valence-electron chi connectivity index (χ1n) is 13.6. The highest BCUT2D eigenvalue weighted by molar-refractivity contribution is 5.76. The highest BCUT2D eigenvalue weighted by atomic mass is 19.1. The molecule has 5 rings (SSSR count). The van der Waals surface area contributed by atoms with Crippen molar-refractivity contribution in [3.63, 3.8) is 0 Å². The van der Waals surface area contributed by atoms with E-state index < -0.39 is 28.7 Å². The lowest BCUT2D eigenvalue weighted by Crippen LogP contribution is -2.29. The van der Waals surface area contributed by atoms with E-state index >= 15 is 0 Å². The number of benzene rings is 1. The number of anilines is 3. The van der Waals surface area contributed by atoms with Gasteiger partial charge in [0.2, 0.25) is 11.9 Å². The Morgan fingerprint density at radius 1 is 1.00 bits per heavy atom. The van der Waals surface area contributed by atoms with Gasteiger partial charge < -0.3 is 15.7 Å². The monoisotopic (exact) mass is 530 g/mol. The standard InChI is InChI=1S/C28H37F3N6O/c1-15(2)16-5-8-19(9-6-16)33-26-32-14-23-25(36-26)37(20-10-7-17(11-20)28(3,4)38)27(34-23)35-24-21(30)12-18(29)13-22(24)31/h12-17,19-20,38H,5-11H2,1-4H3,(H,34,35)(H,32,33,36)/t16-,17-,19-,20?/m1/s1. The molecule has 3 aromatic rings. The fraction of sp³-hybridized carbons (Fsp3) is 0.607. The van der Waals surface area contributed by atoms with Crippen LogP contribution in [0.5, 0.6) is 0 Å². The Morgan fingerprint density at radius 2 is 1.68 bits per heavy atom. The maximum atomic E-state index is 14.5. The summed E-state index contributed by atoms with van der Waals surface area (Å²) in [5, 5.41) is 16.9. The summed E-state index contributed by atoms with van der Waals surface area (Å²) in [6, 6.07) is 1.45. The van der Waals surface area contributed by atoms with E-state index in [-0.39, 0.29) is 23.9 Å². The van der Waals surface area contributed by atoms with Crippen LogP contribution in [0.15, 0.2) is 18.3 Å². The van der Waals surface area contributed by atoms with Gasteiger partial charge in [-0.15, -0.1) is 0 Å². The number of imidazole rings is 1. The van der Waals surface area contributed by atoms with Gasteiger partial charge in [-0.05, 0) is 76.5 Å². The average molecular weight is 531 g/mol. The van der Waals surface area contributed by atoms with Crippen molar-refractivity contribution in [1.29, 1.82) is 0 Å². The van der Waals surface area contributed by atoms with E-state index in [1.807, 2.05) is 4.57 Å². The second-order valence-electron chi connectivity index (χ2n) is 11.9. The molecule has 206 valence electrons. The SMILES string of the molecule is CC(C)[C@H]1CC[C@H](Nc2ncc3nc(Nc4c(F)cc(F)cc4F)n(C4CC[C@@H](C(C)(C)O)C4)c3n2)CC1. The van der Waals surface area contributed by atoms with Crippen LogP contribution >= 0.6 is 0 Å². The minimum Gasteiger partial charge on any atom is -0.390 e. The van der Waals surface area contributed by atoms with Gasteiger partial charge >= 0.3 is 0 Å². The zero-order valence-corrected chi connectivity index (χ0v) is 22.4. The molecule has 2 saturated carbocycles. The summed E-state index contributed by atoms with van der Waals surface area (Å²) in [5.74, 6) is -0.924. The normalized spacial score (nSPS) is 24.3. The smallest absolute Gasteiger partial charge is 0.224 e. The van der Waals surface area contributed by atoms with E-state index in [4.69, 9.17) is 4.98 Å². The summed E-state index contributed by atoms with van der Waals surface area (Å²) in [6.07, 6.45) is 8.25. The Bertz CT molecular complexity index is 1270. The van der Waals surface area contributed by atoms with Gasteiger partial charge in [0.15, 0.2) is 17.3 Å². The predicted molar refractivity (Wildman–Crippen MR) is 142 cm³/mol. The molecule has 2 fully saturated rings. The van der Waals surface area contributed by atoms with Crippen molar-refractivity contribution in [1.82, 2.24) is 19.5 Å². The van der Waals surface area contributed by atoms with Gasteiger partial charge in [0.25, 0.3) is 0 Å². The molecule has 1 aromatic carbocycles. The van der Waals surface area contributed by atoms with Crippen LogP contribution in [-0.4, -0.2) is 36.3 Å². The molecule has 2 heterocycles. The average Bonchev–Trinajstić information content (AvgIpc) is 3.46. The van der Waals surface area contributed by atoms with Crippen molar-refractivity contribution < 1.29 is 18.3 Å². The lowest BCUT2D eigenvalue weighted by atomic mass is 9.80. The van der Waals surface area contributed by atoms with Crippen LogP contribution in [0.4, 0.5) is 30.8 Å². The minimum atomic E-state index is -1.05. The molecule has 3 N–H and O–H groups in total. The number of fused-ring (bicyclic) bond motifs is 1. The van der Waals surface area contributed by atoms with Crippen molar-refractivity contribution in [3.05, 3.63) is 35.8 Å². The van der Waals surface area contributed by atoms with Crippen LogP contribution in [0, 0.1) is 35.2 Å². The van der Waals surface area contributed by atoms with E-state index in [1.165, 1.54) is 12.8 Å². The Kier molecular flexibility index (Phi) is 7.28. The first-order chi connectivity index (χ1) is 18.0. The fourth-order valence-electron chi connectivity index (χ4n) is 6.11. The Balaban J connectivity index is 1.48. The zero-order valence-electron chi connectivity index (χ0n) is 22.4. The first kappa shape index (κ1) is 26.7. The van der Waals surface area contributed by atoms with Crippen molar-refractivity contribution in [2.75, 3.05) is 10.6 Å². The summed E-state index contributed by atoms with van der Waals surface area (Å²) < 4.78 is 44.4. The predicted octanol–water partition coefficient (Wildman–Crippen LogP) is 6.73. The van der Waals surface area contributed by atoms with Crippen molar-refractivity contribution in [2.45, 2.75) is 90.3 Å². The maximum Gasteiger partial charge on any atom is 0.224 e. The molecule has 2 aliphatic carbocycles. The molecule has 0 aliphatic heterocycles. The van der Waals surface area contributed by atoms with Crippen LogP contribution in [-0.2, 0) is 0 Å². The van der Waals surface area contributed by atoms with Crippen molar-refractivity contribution >= 4 is 28.7 Å². The zero-order chi connectivity index (χ0) is 27.2. The second-order valence-corrected chi connectivity index (χ2v) is 11.9. The number of aliphatic hydroxyl groups is 1. The third-order valence-corrected chi connectivity index (χ3v) is 8.49. The molecule has 0 spiro atoms. The van der Waals surface area contributed by atoms with Gasteiger partial charge in [-0.1, -0.05) is 13.8 Å². The quantitative estimate of drug-likeness (QED) is 0.314. The van der Waals surface area contributed by atoms with Crippen LogP contribution < -0.4 is 10.6 Å². The van der Waals surface area contributed by atoms with Gasteiger partial charge in [0.1, 0.15) is 17.0 Å². The van der Waals surface area contributed by atoms with Crippen LogP contribution in [0.1, 0.15) is 78.7 Å². The molecule has 2 aromatic heterocycles. The number of hydrogen-bond acceptors (Lipinski definition) is 6. The highest BCUT2D eigenvalue weighted by Crippen LogP contribution is 2.43. The third kappa shape index (κ3) is 5.46. The topological polar surface area (TPSA) is 87.9 Å². The third-order valence-electron chi connectivity index (χ3n) is 8.49. The first-order valence-corrected chi connectivity index (χ1v) is 13.6. The number of aromatic nitrogens is 4. The van der Waals surface area contributed by atoms with Crippen molar-refractivity contribution in [3.8, 4) is 0 Å². The summed E-state index contributed by atoms with van der Waals surface area (Å²) in [4.78, 5) is 13.9. The van der Waals surface area contributed by atoms with E-state index in [0.717, 1.165) is 31.6 Å². The second kappa shape index (κ2) is 10.4. The highest BCUT2D eigenvalue weighted by Gasteiger charge is 2.37. The minimum absolute atomic E-state index is 0.0488. The number of hydrogen-bond donors (Lipinski definition) is 3. The summed E-state index contributed by atoms with van der Waals surface area (Å²) in [7, 11) is 0. The largest absolute Gasteiger partial charge is 0.390 e. The maximum absolute atomic E-state index is 14.5. The molecular formula is C28H37F3N6O. The lowest BCUT2D eigenvalue weighted by molar-refractivity contribution is 0.0186. The van der Waals surface area contributed by atoms with E-state index in [9.17, 15) is 18.3 Å². The van der Waals surface area contributed by atoms with Crippen molar-refractivity contribution in [2.24, 2.45) is 17.8 Å². The molecule has 0 bridgehead atoms. The van der Waals surface area contributed by atoms with Crippen LogP contribution in [0.2, 0.25) is 0 Å². The molecule has 2 aliphatic rings. The summed E-state index contributed by atoms with van der Waals surface area (Å²) in [6.45, 7) is 8.15. The number of nitrogens with one attached hydrogen (secondary N) is 2. The number of rotatable bonds is 7. The van der Waals surface area contributed by atoms with Gasteiger partial charge in [0.05, 0.1) is 11.8 Å². The molecule has 0 radical (unpaired) electrons. The molecule has 0 saturated heterocycles. The van der Waals surface area contributed by atoms with Gasteiger partial charge in [0, 0.05) is 24.2 Å². The fourth-order valence-corrected chi connectivity index (χ4v) is 6.11. The number of halogens is 3. The summed E-state index contributed by atoms with van der Waals surface area (Å²) in [5.41, 5.74) is -0.306. The van der Waals surface area contributed by atoms with E-state index in [1.54, 1.807) is 20.0 Å². The Morgan fingerprint density at radius 3 is 2.29 bits per heavy atom. The van der Waals surface area contributed by atoms with Gasteiger partial charge in [-0.3, -0.25) is 4.57 Å². The van der Waals surface area contributed by atoms with Crippen LogP contribution in [0.3, 0.4) is 0 Å². The van der Waals surface area contributed by atoms with E-state index in [2.05, 4.69) is 34.4 Å². The Labute approximate surface area is 221 Å². The van der Waals surface area contributed by atoms with Gasteiger partial charge in [-0.2, -0.15) is 4.98 Å². The van der Waals surface area contributed by atoms with E-state index in [0.29, 0.717) is 41.6 Å². The molecular weight excluding hydrogens is 493 g/mol. The number of nitrogens with zero attached hydrogens (tertiary/aromatic N) is 4. The lowest BCUT2D eigenvalue weighted by Gasteiger charge is -2.31. The molecule has 7 nitrogen and oxygen atoms in total. The van der Waals surface area contributed by atoms with Gasteiger partial charge in [-0.25, -0.2) is 23.1 Å². The van der Waals surface area contributed by atoms with Crippen LogP contribution in [0.25, 0.3) is 11.2 Å². The summed E-state index contributed by atoms with van der Waals surface area (Å²) >= 11 is 0. The molecule has 2 atom stereocenters. The molecule has 1 unspecified atom stereocenters. The molecule has 10 heteroatoms.